The molecule has 3 saturated heterocycles. The standard InChI is InChI=1S/C20H24N4O4/c1-28-9-8-24-14-7-6-13(19(24)26)11-23(12-14)20(27)17-10-16(21-22-17)15-4-2-3-5-18(15)25/h2-5,10,13-14,25H,6-9,11-12H2,1H3,(H,21,22)/t13-,14+/m0/s1. The third-order valence-corrected chi connectivity index (χ3v) is 5.61. The van der Waals surface area contributed by atoms with Gasteiger partial charge >= 0.3 is 0 Å². The number of amides is 2. The maximum Gasteiger partial charge on any atom is 0.271 e. The van der Waals surface area contributed by atoms with Crippen LogP contribution in [0.3, 0.4) is 0 Å². The predicted octanol–water partition coefficient (Wildman–Crippen LogP) is 1.49. The van der Waals surface area contributed by atoms with Gasteiger partial charge in [0.15, 0.2) is 0 Å². The van der Waals surface area contributed by atoms with Gasteiger partial charge in [-0.3, -0.25) is 14.7 Å². The highest BCUT2D eigenvalue weighted by atomic mass is 16.5. The van der Waals surface area contributed by atoms with Crippen LogP contribution in [-0.4, -0.2) is 76.3 Å². The summed E-state index contributed by atoms with van der Waals surface area (Å²) in [5.74, 6) is -0.115. The molecule has 2 amide bonds. The number of nitrogens with zero attached hydrogens (tertiary/aromatic N) is 3. The van der Waals surface area contributed by atoms with Gasteiger partial charge in [0.1, 0.15) is 11.4 Å². The van der Waals surface area contributed by atoms with Crippen LogP contribution < -0.4 is 0 Å². The molecular formula is C20H24N4O4. The number of piperidine rings is 1. The molecule has 3 aliphatic heterocycles. The molecule has 0 aliphatic carbocycles. The van der Waals surface area contributed by atoms with Crippen molar-refractivity contribution in [2.75, 3.05) is 33.4 Å². The number of carbonyl (C=O) groups is 2. The van der Waals surface area contributed by atoms with Crippen molar-refractivity contribution in [1.82, 2.24) is 20.0 Å². The first kappa shape index (κ1) is 18.5. The fraction of sp³-hybridized carbons (Fsp3) is 0.450. The van der Waals surface area contributed by atoms with Crippen molar-refractivity contribution in [1.29, 1.82) is 0 Å². The lowest BCUT2D eigenvalue weighted by atomic mass is 9.94. The summed E-state index contributed by atoms with van der Waals surface area (Å²) in [5.41, 5.74) is 1.43. The summed E-state index contributed by atoms with van der Waals surface area (Å²) >= 11 is 0. The smallest absolute Gasteiger partial charge is 0.271 e. The van der Waals surface area contributed by atoms with E-state index in [9.17, 15) is 14.7 Å². The van der Waals surface area contributed by atoms with Crippen molar-refractivity contribution in [2.45, 2.75) is 18.9 Å². The van der Waals surface area contributed by atoms with E-state index in [2.05, 4.69) is 10.2 Å². The summed E-state index contributed by atoms with van der Waals surface area (Å²) < 4.78 is 5.13. The molecule has 2 aromatic rings. The van der Waals surface area contributed by atoms with Gasteiger partial charge in [-0.05, 0) is 31.0 Å². The largest absolute Gasteiger partial charge is 0.507 e. The summed E-state index contributed by atoms with van der Waals surface area (Å²) in [7, 11) is 1.62. The first-order valence-corrected chi connectivity index (χ1v) is 9.51. The molecule has 148 valence electrons. The second-order valence-electron chi connectivity index (χ2n) is 7.35. The van der Waals surface area contributed by atoms with E-state index in [0.717, 1.165) is 12.8 Å². The van der Waals surface area contributed by atoms with Gasteiger partial charge in [-0.2, -0.15) is 5.10 Å². The van der Waals surface area contributed by atoms with Crippen LogP contribution in [0.15, 0.2) is 30.3 Å². The first-order valence-electron chi connectivity index (χ1n) is 9.51. The van der Waals surface area contributed by atoms with E-state index in [1.165, 1.54) is 0 Å². The highest BCUT2D eigenvalue weighted by Crippen LogP contribution is 2.31. The van der Waals surface area contributed by atoms with Crippen molar-refractivity contribution < 1.29 is 19.4 Å². The number of fused-ring (bicyclic) bond motifs is 4. The number of nitrogens with one attached hydrogen (secondary N) is 1. The predicted molar refractivity (Wildman–Crippen MR) is 102 cm³/mol. The second kappa shape index (κ2) is 7.63. The number of hydrogen-bond acceptors (Lipinski definition) is 5. The molecule has 3 fully saturated rings. The molecule has 28 heavy (non-hydrogen) atoms. The molecule has 3 aliphatic rings. The number of hydrogen-bond donors (Lipinski definition) is 2. The number of phenolic OH excluding ortho intramolecular Hbond substituents is 1. The van der Waals surface area contributed by atoms with Crippen LogP contribution in [0.2, 0.25) is 0 Å². The highest BCUT2D eigenvalue weighted by molar-refractivity contribution is 5.94. The van der Waals surface area contributed by atoms with Gasteiger partial charge in [0.05, 0.1) is 18.2 Å². The number of ether oxygens (including phenoxy) is 1. The Hall–Kier alpha value is -2.87. The molecule has 1 aromatic heterocycles. The number of phenols is 1. The van der Waals surface area contributed by atoms with E-state index < -0.39 is 0 Å². The third kappa shape index (κ3) is 3.35. The lowest BCUT2D eigenvalue weighted by molar-refractivity contribution is -0.140. The van der Waals surface area contributed by atoms with Gasteiger partial charge in [0.2, 0.25) is 5.91 Å². The van der Waals surface area contributed by atoms with Crippen molar-refractivity contribution in [2.24, 2.45) is 5.92 Å². The summed E-state index contributed by atoms with van der Waals surface area (Å²) in [6.07, 6.45) is 1.71. The number of carbonyl (C=O) groups excluding carboxylic acids is 2. The van der Waals surface area contributed by atoms with E-state index >= 15 is 0 Å². The van der Waals surface area contributed by atoms with E-state index in [4.69, 9.17) is 4.74 Å². The zero-order valence-electron chi connectivity index (χ0n) is 15.8. The molecule has 8 nitrogen and oxygen atoms in total. The summed E-state index contributed by atoms with van der Waals surface area (Å²) in [4.78, 5) is 29.4. The van der Waals surface area contributed by atoms with Crippen LogP contribution in [0.5, 0.6) is 5.75 Å². The number of methoxy groups -OCH3 is 1. The molecule has 2 N–H and O–H groups in total. The Kier molecular flexibility index (Phi) is 5.04. The Morgan fingerprint density at radius 1 is 1.32 bits per heavy atom. The molecule has 0 unspecified atom stereocenters. The monoisotopic (exact) mass is 384 g/mol. The molecule has 2 bridgehead atoms. The fourth-order valence-electron chi connectivity index (χ4n) is 4.12. The molecule has 4 heterocycles. The number of aromatic nitrogens is 2. The number of para-hydroxylation sites is 1. The number of rotatable bonds is 5. The van der Waals surface area contributed by atoms with Crippen molar-refractivity contribution in [3.8, 4) is 17.0 Å². The zero-order chi connectivity index (χ0) is 19.7. The summed E-state index contributed by atoms with van der Waals surface area (Å²) in [6, 6.07) is 8.53. The van der Waals surface area contributed by atoms with Crippen molar-refractivity contribution in [3.63, 3.8) is 0 Å². The maximum absolute atomic E-state index is 13.1. The Bertz CT molecular complexity index is 881. The summed E-state index contributed by atoms with van der Waals surface area (Å²) in [5, 5.41) is 17.0. The minimum Gasteiger partial charge on any atom is -0.507 e. The molecule has 0 spiro atoms. The third-order valence-electron chi connectivity index (χ3n) is 5.61. The zero-order valence-corrected chi connectivity index (χ0v) is 15.8. The first-order chi connectivity index (χ1) is 13.6. The molecule has 0 saturated carbocycles. The second-order valence-corrected chi connectivity index (χ2v) is 7.35. The molecule has 0 radical (unpaired) electrons. The van der Waals surface area contributed by atoms with Gasteiger partial charge in [0.25, 0.3) is 5.91 Å². The van der Waals surface area contributed by atoms with E-state index in [-0.39, 0.29) is 29.5 Å². The SMILES string of the molecule is COCCN1C(=O)[C@H]2CC[C@@H]1CN(C(=O)c1cc(-c3ccccc3O)n[nH]1)C2. The van der Waals surface area contributed by atoms with Crippen LogP contribution in [0.4, 0.5) is 0 Å². The lowest BCUT2D eigenvalue weighted by Gasteiger charge is -2.35. The van der Waals surface area contributed by atoms with Gasteiger partial charge in [-0.15, -0.1) is 0 Å². The maximum atomic E-state index is 13.1. The highest BCUT2D eigenvalue weighted by Gasteiger charge is 2.42. The van der Waals surface area contributed by atoms with Crippen LogP contribution in [0.25, 0.3) is 11.3 Å². The quantitative estimate of drug-likeness (QED) is 0.814. The van der Waals surface area contributed by atoms with Crippen LogP contribution in [0, 0.1) is 5.92 Å². The summed E-state index contributed by atoms with van der Waals surface area (Å²) in [6.45, 7) is 1.98. The fourth-order valence-corrected chi connectivity index (χ4v) is 4.12. The molecular weight excluding hydrogens is 360 g/mol. The van der Waals surface area contributed by atoms with Crippen LogP contribution >= 0.6 is 0 Å². The Labute approximate surface area is 163 Å². The molecule has 1 aromatic carbocycles. The van der Waals surface area contributed by atoms with E-state index in [1.54, 1.807) is 42.3 Å². The van der Waals surface area contributed by atoms with Gasteiger partial charge in [0, 0.05) is 38.3 Å². The Morgan fingerprint density at radius 2 is 2.14 bits per heavy atom. The van der Waals surface area contributed by atoms with Crippen LogP contribution in [-0.2, 0) is 9.53 Å². The number of aromatic hydroxyl groups is 1. The van der Waals surface area contributed by atoms with Gasteiger partial charge < -0.3 is 19.6 Å². The number of H-pyrrole nitrogens is 1. The lowest BCUT2D eigenvalue weighted by Crippen LogP contribution is -2.49. The Morgan fingerprint density at radius 3 is 2.93 bits per heavy atom. The normalized spacial score (nSPS) is 21.8. The van der Waals surface area contributed by atoms with Gasteiger partial charge in [-0.1, -0.05) is 12.1 Å². The van der Waals surface area contributed by atoms with Gasteiger partial charge in [-0.25, -0.2) is 0 Å². The van der Waals surface area contributed by atoms with Crippen molar-refractivity contribution >= 4 is 11.8 Å². The van der Waals surface area contributed by atoms with E-state index in [1.807, 2.05) is 4.90 Å². The van der Waals surface area contributed by atoms with Crippen molar-refractivity contribution in [3.05, 3.63) is 36.0 Å². The minimum atomic E-state index is -0.174. The average Bonchev–Trinajstić information content (AvgIpc) is 3.02. The van der Waals surface area contributed by atoms with E-state index in [0.29, 0.717) is 43.2 Å². The molecule has 8 heteroatoms. The number of aromatic amines is 1. The molecule has 2 atom stereocenters. The minimum absolute atomic E-state index is 0.0194. The van der Waals surface area contributed by atoms with Crippen LogP contribution in [0.1, 0.15) is 23.3 Å². The Balaban J connectivity index is 1.53. The average molecular weight is 384 g/mol. The number of benzene rings is 1. The topological polar surface area (TPSA) is 98.8 Å². The molecule has 5 rings (SSSR count).